The van der Waals surface area contributed by atoms with Crippen LogP contribution in [0.25, 0.3) is 21.9 Å². The van der Waals surface area contributed by atoms with Gasteiger partial charge in [-0.25, -0.2) is 9.78 Å². The zero-order valence-electron chi connectivity index (χ0n) is 21.8. The molecule has 39 heavy (non-hydrogen) atoms. The molecule has 1 amide bonds. The number of aromatic nitrogens is 1. The highest BCUT2D eigenvalue weighted by Crippen LogP contribution is 2.29. The van der Waals surface area contributed by atoms with E-state index in [4.69, 9.17) is 4.42 Å². The normalized spacial score (nSPS) is 14.7. The number of amides is 1. The Balaban J connectivity index is 1.15. The highest BCUT2D eigenvalue weighted by molar-refractivity contribution is 6.04. The first-order valence-corrected chi connectivity index (χ1v) is 13.3. The van der Waals surface area contributed by atoms with Crippen LogP contribution in [0.15, 0.2) is 100 Å². The summed E-state index contributed by atoms with van der Waals surface area (Å²) in [7, 11) is 0. The standard InChI is InChI=1S/C32H30N4O3/c1-22-20-27(34-30-25-14-8-9-15-26(25)39-32(38)29(22)30)33-28(37)21-35-16-18-36(19-17-35)31(23-10-4-2-5-11-23)24-12-6-3-7-13-24/h2-15,20,31H,16-19,21H2,1H3,(H,33,34,37). The third-order valence-corrected chi connectivity index (χ3v) is 7.40. The fourth-order valence-electron chi connectivity index (χ4n) is 5.54. The number of pyridine rings is 1. The zero-order chi connectivity index (χ0) is 26.8. The summed E-state index contributed by atoms with van der Waals surface area (Å²) in [4.78, 5) is 34.9. The molecule has 1 fully saturated rings. The average molecular weight is 519 g/mol. The number of carbonyl (C=O) groups is 1. The quantitative estimate of drug-likeness (QED) is 0.252. The van der Waals surface area contributed by atoms with Crippen LogP contribution < -0.4 is 10.9 Å². The molecule has 5 aromatic rings. The van der Waals surface area contributed by atoms with E-state index in [1.807, 2.05) is 37.3 Å². The first kappa shape index (κ1) is 25.0. The summed E-state index contributed by atoms with van der Waals surface area (Å²) in [5.41, 5.74) is 3.86. The molecule has 7 heteroatoms. The van der Waals surface area contributed by atoms with Gasteiger partial charge in [0.05, 0.1) is 23.5 Å². The van der Waals surface area contributed by atoms with Crippen LogP contribution in [0, 0.1) is 6.92 Å². The van der Waals surface area contributed by atoms with Crippen molar-refractivity contribution in [2.75, 3.05) is 38.0 Å². The highest BCUT2D eigenvalue weighted by atomic mass is 16.4. The van der Waals surface area contributed by atoms with Gasteiger partial charge >= 0.3 is 5.63 Å². The predicted octanol–water partition coefficient (Wildman–Crippen LogP) is 5.00. The first-order chi connectivity index (χ1) is 19.1. The summed E-state index contributed by atoms with van der Waals surface area (Å²) >= 11 is 0. The molecule has 0 unspecified atom stereocenters. The Hall–Kier alpha value is -4.33. The molecule has 0 radical (unpaired) electrons. The lowest BCUT2D eigenvalue weighted by Crippen LogP contribution is -2.49. The SMILES string of the molecule is Cc1cc(NC(=O)CN2CCN(C(c3ccccc3)c3ccccc3)CC2)nc2c1c(=O)oc1ccccc12. The molecule has 1 saturated heterocycles. The van der Waals surface area contributed by atoms with Crippen molar-refractivity contribution in [3.63, 3.8) is 0 Å². The number of benzene rings is 3. The maximum absolute atomic E-state index is 13.0. The number of para-hydroxylation sites is 1. The van der Waals surface area contributed by atoms with Gasteiger partial charge in [0.1, 0.15) is 11.4 Å². The lowest BCUT2D eigenvalue weighted by atomic mass is 9.96. The molecule has 0 bridgehead atoms. The van der Waals surface area contributed by atoms with E-state index in [1.165, 1.54) is 11.1 Å². The average Bonchev–Trinajstić information content (AvgIpc) is 2.95. The highest BCUT2D eigenvalue weighted by Gasteiger charge is 2.27. The van der Waals surface area contributed by atoms with E-state index in [2.05, 4.69) is 68.6 Å². The number of nitrogens with zero attached hydrogens (tertiary/aromatic N) is 3. The van der Waals surface area contributed by atoms with Gasteiger partial charge in [0.2, 0.25) is 5.91 Å². The molecule has 1 N–H and O–H groups in total. The number of nitrogens with one attached hydrogen (secondary N) is 1. The molecule has 1 aliphatic heterocycles. The van der Waals surface area contributed by atoms with Crippen molar-refractivity contribution < 1.29 is 9.21 Å². The van der Waals surface area contributed by atoms with E-state index in [0.29, 0.717) is 22.3 Å². The Bertz CT molecular complexity index is 1640. The van der Waals surface area contributed by atoms with Crippen molar-refractivity contribution >= 4 is 33.6 Å². The molecule has 0 saturated carbocycles. The van der Waals surface area contributed by atoms with E-state index in [-0.39, 0.29) is 18.5 Å². The van der Waals surface area contributed by atoms with Crippen LogP contribution in [0.4, 0.5) is 5.82 Å². The maximum atomic E-state index is 13.0. The summed E-state index contributed by atoms with van der Waals surface area (Å²) in [6.45, 7) is 5.42. The molecule has 3 heterocycles. The van der Waals surface area contributed by atoms with Crippen molar-refractivity contribution in [3.05, 3.63) is 118 Å². The molecule has 3 aromatic carbocycles. The van der Waals surface area contributed by atoms with Crippen LogP contribution in [0.2, 0.25) is 0 Å². The van der Waals surface area contributed by atoms with Gasteiger partial charge in [0.15, 0.2) is 0 Å². The van der Waals surface area contributed by atoms with Crippen LogP contribution in [0.3, 0.4) is 0 Å². The smallest absolute Gasteiger partial charge is 0.346 e. The molecule has 0 spiro atoms. The van der Waals surface area contributed by atoms with Crippen molar-refractivity contribution in [2.24, 2.45) is 0 Å². The van der Waals surface area contributed by atoms with Gasteiger partial charge in [-0.05, 0) is 41.8 Å². The third-order valence-electron chi connectivity index (χ3n) is 7.40. The number of piperazine rings is 1. The molecular weight excluding hydrogens is 488 g/mol. The zero-order valence-corrected chi connectivity index (χ0v) is 21.8. The molecule has 2 aromatic heterocycles. The van der Waals surface area contributed by atoms with Gasteiger partial charge in [-0.2, -0.15) is 0 Å². The minimum Gasteiger partial charge on any atom is -0.422 e. The molecule has 196 valence electrons. The number of fused-ring (bicyclic) bond motifs is 3. The third kappa shape index (κ3) is 5.19. The Kier molecular flexibility index (Phi) is 6.92. The summed E-state index contributed by atoms with van der Waals surface area (Å²) in [5.74, 6) is 0.317. The second-order valence-corrected chi connectivity index (χ2v) is 10.0. The predicted molar refractivity (Wildman–Crippen MR) is 154 cm³/mol. The number of anilines is 1. The van der Waals surface area contributed by atoms with E-state index >= 15 is 0 Å². The molecule has 1 aliphatic rings. The van der Waals surface area contributed by atoms with E-state index in [1.54, 1.807) is 12.1 Å². The van der Waals surface area contributed by atoms with Crippen LogP contribution in [-0.4, -0.2) is 53.4 Å². The maximum Gasteiger partial charge on any atom is 0.346 e. The van der Waals surface area contributed by atoms with Crippen LogP contribution >= 0.6 is 0 Å². The van der Waals surface area contributed by atoms with Crippen LogP contribution in [0.1, 0.15) is 22.7 Å². The number of hydrogen-bond donors (Lipinski definition) is 1. The fraction of sp³-hybridized carbons (Fsp3) is 0.219. The summed E-state index contributed by atoms with van der Waals surface area (Å²) in [6, 6.07) is 30.4. The topological polar surface area (TPSA) is 78.7 Å². The summed E-state index contributed by atoms with van der Waals surface area (Å²) < 4.78 is 5.47. The minimum absolute atomic E-state index is 0.121. The van der Waals surface area contributed by atoms with E-state index in [0.717, 1.165) is 37.1 Å². The van der Waals surface area contributed by atoms with Gasteiger partial charge < -0.3 is 9.73 Å². The Morgan fingerprint density at radius 2 is 1.51 bits per heavy atom. The van der Waals surface area contributed by atoms with Gasteiger partial charge in [-0.1, -0.05) is 72.8 Å². The molecule has 0 atom stereocenters. The Morgan fingerprint density at radius 3 is 2.18 bits per heavy atom. The second-order valence-electron chi connectivity index (χ2n) is 10.0. The number of rotatable bonds is 6. The van der Waals surface area contributed by atoms with Crippen molar-refractivity contribution in [3.8, 4) is 0 Å². The lowest BCUT2D eigenvalue weighted by molar-refractivity contribution is -0.117. The summed E-state index contributed by atoms with van der Waals surface area (Å²) in [5, 5.41) is 4.14. The molecular formula is C32H30N4O3. The molecule has 0 aliphatic carbocycles. The molecule has 7 nitrogen and oxygen atoms in total. The Morgan fingerprint density at radius 1 is 0.897 bits per heavy atom. The van der Waals surface area contributed by atoms with Crippen LogP contribution in [0.5, 0.6) is 0 Å². The second kappa shape index (κ2) is 10.8. The van der Waals surface area contributed by atoms with Crippen molar-refractivity contribution in [2.45, 2.75) is 13.0 Å². The van der Waals surface area contributed by atoms with Gasteiger partial charge in [0.25, 0.3) is 0 Å². The Labute approximate surface area is 226 Å². The lowest BCUT2D eigenvalue weighted by Gasteiger charge is -2.39. The first-order valence-electron chi connectivity index (χ1n) is 13.3. The monoisotopic (exact) mass is 518 g/mol. The fourth-order valence-corrected chi connectivity index (χ4v) is 5.54. The number of carbonyl (C=O) groups excluding carboxylic acids is 1. The number of aryl methyl sites for hydroxylation is 1. The number of hydrogen-bond acceptors (Lipinski definition) is 6. The van der Waals surface area contributed by atoms with Crippen LogP contribution in [-0.2, 0) is 4.79 Å². The minimum atomic E-state index is -0.422. The summed E-state index contributed by atoms with van der Waals surface area (Å²) in [6.07, 6.45) is 0. The largest absolute Gasteiger partial charge is 0.422 e. The van der Waals surface area contributed by atoms with E-state index in [9.17, 15) is 9.59 Å². The van der Waals surface area contributed by atoms with Crippen molar-refractivity contribution in [1.82, 2.24) is 14.8 Å². The molecule has 6 rings (SSSR count). The van der Waals surface area contributed by atoms with Crippen molar-refractivity contribution in [1.29, 1.82) is 0 Å². The van der Waals surface area contributed by atoms with Gasteiger partial charge in [-0.15, -0.1) is 0 Å². The van der Waals surface area contributed by atoms with E-state index < -0.39 is 5.63 Å². The van der Waals surface area contributed by atoms with Gasteiger partial charge in [-0.3, -0.25) is 14.6 Å². The van der Waals surface area contributed by atoms with Gasteiger partial charge in [0, 0.05) is 31.6 Å².